The summed E-state index contributed by atoms with van der Waals surface area (Å²) in [7, 11) is 6.09. The molecule has 5 nitrogen and oxygen atoms in total. The maximum Gasteiger partial charge on any atom is 0.203 e. The Kier molecular flexibility index (Phi) is 4.87. The molecule has 0 aromatic heterocycles. The van der Waals surface area contributed by atoms with Crippen LogP contribution < -0.4 is 18.9 Å². The molecule has 5 heteroatoms. The zero-order valence-electron chi connectivity index (χ0n) is 13.5. The molecule has 0 atom stereocenters. The second kappa shape index (κ2) is 6.84. The van der Waals surface area contributed by atoms with Gasteiger partial charge in [-0.2, -0.15) is 0 Å². The summed E-state index contributed by atoms with van der Waals surface area (Å²) in [5.41, 5.74) is 1.89. The Bertz CT molecular complexity index is 759. The first kappa shape index (κ1) is 16.4. The van der Waals surface area contributed by atoms with Gasteiger partial charge in [-0.15, -0.1) is 6.42 Å². The van der Waals surface area contributed by atoms with Crippen molar-refractivity contribution in [2.45, 2.75) is 0 Å². The van der Waals surface area contributed by atoms with Gasteiger partial charge in [0.2, 0.25) is 5.75 Å². The molecule has 2 rings (SSSR count). The highest BCUT2D eigenvalue weighted by molar-refractivity contribution is 5.82. The zero-order chi connectivity index (χ0) is 17.0. The highest BCUT2D eigenvalue weighted by Crippen LogP contribution is 2.46. The molecule has 0 amide bonds. The first-order chi connectivity index (χ1) is 11.1. The summed E-state index contributed by atoms with van der Waals surface area (Å²) in [6, 6.07) is 6.71. The van der Waals surface area contributed by atoms with Crippen LogP contribution >= 0.6 is 0 Å². The maximum atomic E-state index is 9.91. The van der Waals surface area contributed by atoms with E-state index in [1.165, 1.54) is 27.4 Å². The van der Waals surface area contributed by atoms with E-state index in [9.17, 15) is 5.11 Å². The molecule has 23 heavy (non-hydrogen) atoms. The summed E-state index contributed by atoms with van der Waals surface area (Å²) < 4.78 is 21.3. The molecule has 0 aliphatic heterocycles. The Morgan fingerprint density at radius 1 is 0.826 bits per heavy atom. The molecule has 0 spiro atoms. The van der Waals surface area contributed by atoms with Gasteiger partial charge in [0.05, 0.1) is 28.4 Å². The summed E-state index contributed by atoms with van der Waals surface area (Å²) in [4.78, 5) is 0. The number of phenolic OH excluding ortho intramolecular Hbond substituents is 1. The quantitative estimate of drug-likeness (QED) is 0.860. The molecule has 0 unspecified atom stereocenters. The van der Waals surface area contributed by atoms with Crippen molar-refractivity contribution in [3.63, 3.8) is 0 Å². The van der Waals surface area contributed by atoms with Crippen LogP contribution in [0, 0.1) is 12.3 Å². The summed E-state index contributed by atoms with van der Waals surface area (Å²) in [6.45, 7) is 0. The van der Waals surface area contributed by atoms with Gasteiger partial charge in [-0.3, -0.25) is 0 Å². The van der Waals surface area contributed by atoms with Crippen molar-refractivity contribution in [1.82, 2.24) is 0 Å². The van der Waals surface area contributed by atoms with Crippen LogP contribution in [0.15, 0.2) is 24.3 Å². The third-order valence-electron chi connectivity index (χ3n) is 3.47. The number of benzene rings is 2. The van der Waals surface area contributed by atoms with E-state index in [0.717, 1.165) is 0 Å². The topological polar surface area (TPSA) is 57.2 Å². The smallest absolute Gasteiger partial charge is 0.203 e. The van der Waals surface area contributed by atoms with Crippen LogP contribution in [0.1, 0.15) is 5.56 Å². The molecule has 0 aliphatic rings. The van der Waals surface area contributed by atoms with Gasteiger partial charge in [0, 0.05) is 16.7 Å². The van der Waals surface area contributed by atoms with E-state index in [1.807, 2.05) is 6.07 Å². The van der Waals surface area contributed by atoms with E-state index in [4.69, 9.17) is 25.4 Å². The van der Waals surface area contributed by atoms with E-state index < -0.39 is 0 Å². The van der Waals surface area contributed by atoms with E-state index in [-0.39, 0.29) is 5.75 Å². The molecular weight excluding hydrogens is 296 g/mol. The zero-order valence-corrected chi connectivity index (χ0v) is 13.5. The second-order valence-electron chi connectivity index (χ2n) is 4.60. The van der Waals surface area contributed by atoms with E-state index >= 15 is 0 Å². The normalized spacial score (nSPS) is 9.87. The first-order valence-electron chi connectivity index (χ1n) is 6.78. The van der Waals surface area contributed by atoms with Gasteiger partial charge >= 0.3 is 0 Å². The number of hydrogen-bond acceptors (Lipinski definition) is 5. The summed E-state index contributed by atoms with van der Waals surface area (Å²) in [5.74, 6) is 4.34. The molecule has 0 bridgehead atoms. The van der Waals surface area contributed by atoms with Crippen LogP contribution in [0.4, 0.5) is 0 Å². The van der Waals surface area contributed by atoms with Gasteiger partial charge in [0.15, 0.2) is 23.0 Å². The van der Waals surface area contributed by atoms with Gasteiger partial charge < -0.3 is 24.1 Å². The Labute approximate surface area is 135 Å². The van der Waals surface area contributed by atoms with Crippen molar-refractivity contribution >= 4 is 0 Å². The predicted molar refractivity (Wildman–Crippen MR) is 87.7 cm³/mol. The lowest BCUT2D eigenvalue weighted by atomic mass is 9.97. The molecular formula is C18H18O5. The van der Waals surface area contributed by atoms with Crippen LogP contribution in [0.2, 0.25) is 0 Å². The Balaban J connectivity index is 2.79. The average Bonchev–Trinajstić information content (AvgIpc) is 2.59. The predicted octanol–water partition coefficient (Wildman–Crippen LogP) is 3.07. The molecule has 0 heterocycles. The van der Waals surface area contributed by atoms with Gasteiger partial charge in [0.1, 0.15) is 0 Å². The monoisotopic (exact) mass is 314 g/mol. The van der Waals surface area contributed by atoms with Crippen molar-refractivity contribution in [2.24, 2.45) is 0 Å². The van der Waals surface area contributed by atoms with E-state index in [2.05, 4.69) is 5.92 Å². The van der Waals surface area contributed by atoms with Gasteiger partial charge in [-0.25, -0.2) is 0 Å². The Morgan fingerprint density at radius 3 is 2.00 bits per heavy atom. The highest BCUT2D eigenvalue weighted by Gasteiger charge is 2.20. The number of hydrogen-bond donors (Lipinski definition) is 1. The third-order valence-corrected chi connectivity index (χ3v) is 3.47. The summed E-state index contributed by atoms with van der Waals surface area (Å²) in [5, 5.41) is 9.91. The lowest BCUT2D eigenvalue weighted by Gasteiger charge is -2.17. The van der Waals surface area contributed by atoms with E-state index in [1.54, 1.807) is 19.2 Å². The second-order valence-corrected chi connectivity index (χ2v) is 4.60. The first-order valence-corrected chi connectivity index (χ1v) is 6.78. The molecule has 0 saturated heterocycles. The number of aromatic hydroxyl groups is 1. The van der Waals surface area contributed by atoms with Crippen LogP contribution in [0.25, 0.3) is 11.1 Å². The minimum Gasteiger partial charge on any atom is -0.504 e. The summed E-state index contributed by atoms with van der Waals surface area (Å²) in [6.07, 6.45) is 5.57. The minimum atomic E-state index is -0.0244. The number of ether oxygens (including phenoxy) is 4. The number of rotatable bonds is 5. The van der Waals surface area contributed by atoms with Crippen molar-refractivity contribution < 1.29 is 24.1 Å². The molecule has 120 valence electrons. The fourth-order valence-electron chi connectivity index (χ4n) is 2.39. The molecule has 0 aliphatic carbocycles. The lowest BCUT2D eigenvalue weighted by molar-refractivity contribution is 0.325. The molecule has 0 fully saturated rings. The SMILES string of the molecule is C#Cc1cc(O)c(OC)cc1-c1ccc(OC)c(OC)c1OC. The Hall–Kier alpha value is -3.00. The third kappa shape index (κ3) is 2.84. The van der Waals surface area contributed by atoms with Crippen molar-refractivity contribution in [3.8, 4) is 52.2 Å². The van der Waals surface area contributed by atoms with Crippen LogP contribution in [0.5, 0.6) is 28.7 Å². The fraction of sp³-hybridized carbons (Fsp3) is 0.222. The Morgan fingerprint density at radius 2 is 1.48 bits per heavy atom. The van der Waals surface area contributed by atoms with Crippen LogP contribution in [-0.2, 0) is 0 Å². The lowest BCUT2D eigenvalue weighted by Crippen LogP contribution is -1.98. The van der Waals surface area contributed by atoms with E-state index in [0.29, 0.717) is 39.7 Å². The molecule has 0 saturated carbocycles. The molecule has 2 aromatic rings. The van der Waals surface area contributed by atoms with Crippen LogP contribution in [-0.4, -0.2) is 33.5 Å². The number of terminal acetylenes is 1. The standard InChI is InChI=1S/C18H18O5/c1-6-11-9-14(19)16(21-3)10-13(11)12-7-8-15(20-2)18(23-5)17(12)22-4/h1,7-10,19H,2-5H3. The minimum absolute atomic E-state index is 0.0244. The highest BCUT2D eigenvalue weighted by atomic mass is 16.5. The largest absolute Gasteiger partial charge is 0.504 e. The molecule has 2 aromatic carbocycles. The van der Waals surface area contributed by atoms with Crippen LogP contribution in [0.3, 0.4) is 0 Å². The maximum absolute atomic E-state index is 9.91. The molecule has 0 radical (unpaired) electrons. The van der Waals surface area contributed by atoms with Gasteiger partial charge in [-0.1, -0.05) is 5.92 Å². The van der Waals surface area contributed by atoms with Crippen molar-refractivity contribution in [3.05, 3.63) is 29.8 Å². The molecule has 1 N–H and O–H groups in total. The summed E-state index contributed by atoms with van der Waals surface area (Å²) >= 11 is 0. The number of methoxy groups -OCH3 is 4. The van der Waals surface area contributed by atoms with Gasteiger partial charge in [-0.05, 0) is 24.3 Å². The number of phenols is 1. The van der Waals surface area contributed by atoms with Crippen molar-refractivity contribution in [1.29, 1.82) is 0 Å². The van der Waals surface area contributed by atoms with Gasteiger partial charge in [0.25, 0.3) is 0 Å². The fourth-order valence-corrected chi connectivity index (χ4v) is 2.39. The average molecular weight is 314 g/mol. The van der Waals surface area contributed by atoms with Crippen molar-refractivity contribution in [2.75, 3.05) is 28.4 Å².